The minimum Gasteiger partial charge on any atom is -0.294 e. The Labute approximate surface area is 219 Å². The van der Waals surface area contributed by atoms with Crippen molar-refractivity contribution in [3.8, 4) is 0 Å². The van der Waals surface area contributed by atoms with Gasteiger partial charge in [0.15, 0.2) is 0 Å². The van der Waals surface area contributed by atoms with Crippen LogP contribution in [0.5, 0.6) is 0 Å². The molecule has 0 fully saturated rings. The molecule has 0 saturated carbocycles. The zero-order valence-electron chi connectivity index (χ0n) is 24.2. The average Bonchev–Trinajstić information content (AvgIpc) is 2.80. The maximum absolute atomic E-state index is 14.1. The SMILES string of the molecule is CCCCCCC(C)(CCCCCC)OP(=O)(OC(C)(CCCCCC)CCCCCC)SC. The monoisotopic (exact) mass is 520 g/mol. The number of unbranched alkanes of at least 4 members (excludes halogenated alkanes) is 12. The molecule has 0 unspecified atom stereocenters. The Morgan fingerprint density at radius 1 is 0.529 bits per heavy atom. The van der Waals surface area contributed by atoms with E-state index < -0.39 is 6.80 Å². The van der Waals surface area contributed by atoms with E-state index in [1.807, 2.05) is 6.26 Å². The topological polar surface area (TPSA) is 35.5 Å². The molecule has 0 saturated heterocycles. The standard InChI is InChI=1S/C29H61O3PS/c1-8-12-16-20-24-28(5,25-21-17-13-9-2)31-33(30,34-7)32-29(6,26-22-18-14-10-3)27-23-19-15-11-4/h8-27H2,1-7H3. The molecule has 0 radical (unpaired) electrons. The molecule has 0 N–H and O–H groups in total. The van der Waals surface area contributed by atoms with Crippen LogP contribution in [0.4, 0.5) is 0 Å². The summed E-state index contributed by atoms with van der Waals surface area (Å²) in [5, 5.41) is 0. The maximum atomic E-state index is 14.1. The van der Waals surface area contributed by atoms with Crippen LogP contribution in [-0.4, -0.2) is 17.5 Å². The molecule has 0 spiro atoms. The highest BCUT2D eigenvalue weighted by Crippen LogP contribution is 2.65. The Hall–Kier alpha value is 0.500. The molecule has 0 rings (SSSR count). The third-order valence-electron chi connectivity index (χ3n) is 7.12. The molecule has 206 valence electrons. The van der Waals surface area contributed by atoms with Gasteiger partial charge in [0.2, 0.25) is 0 Å². The molecule has 0 aliphatic heterocycles. The maximum Gasteiger partial charge on any atom is 0.389 e. The van der Waals surface area contributed by atoms with Crippen molar-refractivity contribution in [1.29, 1.82) is 0 Å². The number of rotatable bonds is 25. The van der Waals surface area contributed by atoms with Crippen LogP contribution in [0.15, 0.2) is 0 Å². The Morgan fingerprint density at radius 3 is 1.00 bits per heavy atom. The van der Waals surface area contributed by atoms with Gasteiger partial charge in [-0.25, -0.2) is 4.57 Å². The van der Waals surface area contributed by atoms with Crippen molar-refractivity contribution in [2.24, 2.45) is 0 Å². The minimum atomic E-state index is -3.25. The molecule has 0 aromatic rings. The molecule has 0 amide bonds. The molecule has 0 aliphatic rings. The first kappa shape index (κ1) is 34.5. The molecule has 0 aromatic heterocycles. The highest BCUT2D eigenvalue weighted by atomic mass is 32.7. The van der Waals surface area contributed by atoms with Gasteiger partial charge >= 0.3 is 6.80 Å². The first-order chi connectivity index (χ1) is 16.2. The van der Waals surface area contributed by atoms with Crippen molar-refractivity contribution >= 4 is 18.2 Å². The second-order valence-corrected chi connectivity index (χ2v) is 15.0. The van der Waals surface area contributed by atoms with Gasteiger partial charge in [0.05, 0.1) is 11.2 Å². The molecule has 0 heterocycles. The van der Waals surface area contributed by atoms with Gasteiger partial charge in [-0.05, 0) is 57.2 Å². The third kappa shape index (κ3) is 17.0. The van der Waals surface area contributed by atoms with E-state index in [0.717, 1.165) is 51.4 Å². The fourth-order valence-electron chi connectivity index (χ4n) is 4.77. The van der Waals surface area contributed by atoms with Gasteiger partial charge in [-0.1, -0.05) is 130 Å². The lowest BCUT2D eigenvalue weighted by atomic mass is 9.92. The summed E-state index contributed by atoms with van der Waals surface area (Å²) in [5.74, 6) is 0. The third-order valence-corrected chi connectivity index (χ3v) is 10.7. The van der Waals surface area contributed by atoms with Gasteiger partial charge in [0.1, 0.15) is 0 Å². The first-order valence-electron chi connectivity index (χ1n) is 14.8. The van der Waals surface area contributed by atoms with Crippen molar-refractivity contribution in [2.75, 3.05) is 6.26 Å². The quantitative estimate of drug-likeness (QED) is 0.0885. The van der Waals surface area contributed by atoms with Gasteiger partial charge in [-0.2, -0.15) is 0 Å². The average molecular weight is 521 g/mol. The van der Waals surface area contributed by atoms with Crippen molar-refractivity contribution < 1.29 is 13.6 Å². The van der Waals surface area contributed by atoms with Crippen molar-refractivity contribution in [3.05, 3.63) is 0 Å². The van der Waals surface area contributed by atoms with Gasteiger partial charge in [-0.3, -0.25) is 9.05 Å². The van der Waals surface area contributed by atoms with Gasteiger partial charge in [0.25, 0.3) is 0 Å². The van der Waals surface area contributed by atoms with E-state index >= 15 is 0 Å². The van der Waals surface area contributed by atoms with E-state index in [0.29, 0.717) is 0 Å². The van der Waals surface area contributed by atoms with E-state index in [9.17, 15) is 4.57 Å². The van der Waals surface area contributed by atoms with Crippen molar-refractivity contribution in [2.45, 2.75) is 181 Å². The zero-order chi connectivity index (χ0) is 25.8. The largest absolute Gasteiger partial charge is 0.389 e. The molecule has 0 atom stereocenters. The van der Waals surface area contributed by atoms with Crippen LogP contribution in [0.3, 0.4) is 0 Å². The highest BCUT2D eigenvalue weighted by molar-refractivity contribution is 8.54. The smallest absolute Gasteiger partial charge is 0.294 e. The highest BCUT2D eigenvalue weighted by Gasteiger charge is 2.41. The summed E-state index contributed by atoms with van der Waals surface area (Å²) in [5.41, 5.74) is -0.739. The second-order valence-electron chi connectivity index (χ2n) is 11.0. The van der Waals surface area contributed by atoms with Crippen molar-refractivity contribution in [3.63, 3.8) is 0 Å². The van der Waals surface area contributed by atoms with Crippen LogP contribution in [-0.2, 0) is 13.6 Å². The molecule has 0 aromatic carbocycles. The van der Waals surface area contributed by atoms with E-state index in [2.05, 4.69) is 41.5 Å². The molecular formula is C29H61O3PS. The molecule has 5 heteroatoms. The Balaban J connectivity index is 5.39. The number of hydrogen-bond acceptors (Lipinski definition) is 4. The van der Waals surface area contributed by atoms with Crippen LogP contribution in [0.2, 0.25) is 0 Å². The van der Waals surface area contributed by atoms with Crippen LogP contribution < -0.4 is 0 Å². The van der Waals surface area contributed by atoms with Crippen molar-refractivity contribution in [1.82, 2.24) is 0 Å². The van der Waals surface area contributed by atoms with Gasteiger partial charge in [-0.15, -0.1) is 0 Å². The summed E-state index contributed by atoms with van der Waals surface area (Å²) in [6, 6.07) is 0. The van der Waals surface area contributed by atoms with Gasteiger partial charge < -0.3 is 0 Å². The first-order valence-corrected chi connectivity index (χ1v) is 18.2. The normalized spacial score (nSPS) is 13.0. The van der Waals surface area contributed by atoms with Crippen LogP contribution in [0, 0.1) is 0 Å². The van der Waals surface area contributed by atoms with E-state index in [-0.39, 0.29) is 11.2 Å². The van der Waals surface area contributed by atoms with E-state index in [1.165, 1.54) is 88.4 Å². The Morgan fingerprint density at radius 2 is 0.794 bits per heavy atom. The minimum absolute atomic E-state index is 0.370. The molecule has 0 bridgehead atoms. The summed E-state index contributed by atoms with van der Waals surface area (Å²) in [6.45, 7) is 10.1. The van der Waals surface area contributed by atoms with Crippen LogP contribution >= 0.6 is 18.2 Å². The van der Waals surface area contributed by atoms with Crippen LogP contribution in [0.25, 0.3) is 0 Å². The fraction of sp³-hybridized carbons (Fsp3) is 1.00. The molecule has 0 aliphatic carbocycles. The summed E-state index contributed by atoms with van der Waals surface area (Å²) in [4.78, 5) is 0. The fourth-order valence-corrected chi connectivity index (χ4v) is 7.93. The van der Waals surface area contributed by atoms with Crippen LogP contribution in [0.1, 0.15) is 170 Å². The summed E-state index contributed by atoms with van der Waals surface area (Å²) in [7, 11) is 0. The summed E-state index contributed by atoms with van der Waals surface area (Å²) >= 11 is 1.31. The van der Waals surface area contributed by atoms with E-state index in [4.69, 9.17) is 9.05 Å². The zero-order valence-corrected chi connectivity index (χ0v) is 25.9. The predicted octanol–water partition coefficient (Wildman–Crippen LogP) is 11.9. The molecule has 34 heavy (non-hydrogen) atoms. The lowest BCUT2D eigenvalue weighted by molar-refractivity contribution is 0.00426. The molecule has 3 nitrogen and oxygen atoms in total. The second kappa shape index (κ2) is 20.5. The Kier molecular flexibility index (Phi) is 20.8. The lowest BCUT2D eigenvalue weighted by Gasteiger charge is -2.38. The van der Waals surface area contributed by atoms with Gasteiger partial charge in [0, 0.05) is 0 Å². The predicted molar refractivity (Wildman–Crippen MR) is 155 cm³/mol. The number of hydrogen-bond donors (Lipinski definition) is 0. The summed E-state index contributed by atoms with van der Waals surface area (Å²) in [6.07, 6.45) is 25.2. The summed E-state index contributed by atoms with van der Waals surface area (Å²) < 4.78 is 27.3. The van der Waals surface area contributed by atoms with E-state index in [1.54, 1.807) is 0 Å². The molecular weight excluding hydrogens is 459 g/mol. The Bertz CT molecular complexity index is 448. The lowest BCUT2D eigenvalue weighted by Crippen LogP contribution is -2.32.